The van der Waals surface area contributed by atoms with Crippen molar-refractivity contribution in [2.75, 3.05) is 18.9 Å². The van der Waals surface area contributed by atoms with Crippen LogP contribution in [-0.4, -0.2) is 25.6 Å². The zero-order valence-electron chi connectivity index (χ0n) is 11.3. The Balaban J connectivity index is 2.42. The van der Waals surface area contributed by atoms with Crippen LogP contribution in [0.3, 0.4) is 0 Å². The number of carbonyl (C=O) groups excluding carboxylic acids is 1. The fourth-order valence-electron chi connectivity index (χ4n) is 1.41. The summed E-state index contributed by atoms with van der Waals surface area (Å²) in [7, 11) is 1.83. The fraction of sp³-hybridized carbons (Fsp3) is 0.500. The van der Waals surface area contributed by atoms with Crippen molar-refractivity contribution in [2.45, 2.75) is 33.0 Å². The Morgan fingerprint density at radius 1 is 1.28 bits per heavy atom. The van der Waals surface area contributed by atoms with Crippen LogP contribution in [0.1, 0.15) is 25.8 Å². The molecule has 0 aliphatic rings. The third-order valence-corrected chi connectivity index (χ3v) is 2.42. The Hall–Kier alpha value is -1.39. The van der Waals surface area contributed by atoms with Crippen molar-refractivity contribution in [1.29, 1.82) is 0 Å². The number of hydrogen-bond acceptors (Lipinski definition) is 3. The molecule has 2 N–H and O–H groups in total. The zero-order valence-corrected chi connectivity index (χ0v) is 11.3. The first-order valence-electron chi connectivity index (χ1n) is 6.27. The Morgan fingerprint density at radius 3 is 2.50 bits per heavy atom. The van der Waals surface area contributed by atoms with Gasteiger partial charge in [0.05, 0.1) is 12.7 Å². The Kier molecular flexibility index (Phi) is 6.39. The van der Waals surface area contributed by atoms with Crippen LogP contribution in [0.15, 0.2) is 24.3 Å². The van der Waals surface area contributed by atoms with E-state index >= 15 is 0 Å². The van der Waals surface area contributed by atoms with E-state index in [1.165, 1.54) is 0 Å². The summed E-state index contributed by atoms with van der Waals surface area (Å²) in [4.78, 5) is 11.5. The normalized spacial score (nSPS) is 10.7. The molecule has 0 aromatic heterocycles. The lowest BCUT2D eigenvalue weighted by Crippen LogP contribution is -2.18. The number of nitrogens with one attached hydrogen (secondary N) is 2. The van der Waals surface area contributed by atoms with Crippen molar-refractivity contribution < 1.29 is 9.53 Å². The van der Waals surface area contributed by atoms with Gasteiger partial charge in [-0.3, -0.25) is 4.79 Å². The summed E-state index contributed by atoms with van der Waals surface area (Å²) >= 11 is 0. The van der Waals surface area contributed by atoms with E-state index in [4.69, 9.17) is 4.74 Å². The lowest BCUT2D eigenvalue weighted by Gasteiger charge is -2.09. The van der Waals surface area contributed by atoms with Crippen molar-refractivity contribution in [3.63, 3.8) is 0 Å². The first kappa shape index (κ1) is 14.7. The largest absolute Gasteiger partial charge is 0.374 e. The number of amides is 1. The molecule has 1 aromatic carbocycles. The van der Waals surface area contributed by atoms with Crippen LogP contribution in [0, 0.1) is 0 Å². The van der Waals surface area contributed by atoms with Gasteiger partial charge in [0.2, 0.25) is 5.91 Å². The van der Waals surface area contributed by atoms with Crippen LogP contribution in [0.4, 0.5) is 5.69 Å². The molecular formula is C14H22N2O2. The molecule has 18 heavy (non-hydrogen) atoms. The first-order valence-corrected chi connectivity index (χ1v) is 6.27. The van der Waals surface area contributed by atoms with Gasteiger partial charge in [-0.1, -0.05) is 12.1 Å². The maximum Gasteiger partial charge on any atom is 0.225 e. The van der Waals surface area contributed by atoms with Gasteiger partial charge in [-0.2, -0.15) is 0 Å². The number of ether oxygens (including phenoxy) is 1. The molecule has 0 unspecified atom stereocenters. The number of anilines is 1. The number of carbonyl (C=O) groups is 1. The van der Waals surface area contributed by atoms with Crippen LogP contribution in [0.25, 0.3) is 0 Å². The zero-order chi connectivity index (χ0) is 13.4. The summed E-state index contributed by atoms with van der Waals surface area (Å²) in [6, 6.07) is 7.73. The molecular weight excluding hydrogens is 228 g/mol. The highest BCUT2D eigenvalue weighted by molar-refractivity contribution is 5.90. The number of hydrogen-bond donors (Lipinski definition) is 2. The quantitative estimate of drug-likeness (QED) is 0.779. The molecule has 1 rings (SSSR count). The van der Waals surface area contributed by atoms with Gasteiger partial charge in [0.1, 0.15) is 0 Å². The summed E-state index contributed by atoms with van der Waals surface area (Å²) in [6.45, 7) is 5.31. The van der Waals surface area contributed by atoms with Crippen molar-refractivity contribution in [2.24, 2.45) is 0 Å². The second-order valence-corrected chi connectivity index (χ2v) is 4.46. The molecule has 0 aliphatic heterocycles. The molecule has 4 heteroatoms. The third-order valence-electron chi connectivity index (χ3n) is 2.42. The molecule has 0 heterocycles. The van der Waals surface area contributed by atoms with Gasteiger partial charge in [0, 0.05) is 18.7 Å². The van der Waals surface area contributed by atoms with Gasteiger partial charge < -0.3 is 15.4 Å². The van der Waals surface area contributed by atoms with Crippen molar-refractivity contribution in [1.82, 2.24) is 5.32 Å². The summed E-state index contributed by atoms with van der Waals surface area (Å²) in [5, 5.41) is 5.79. The average molecular weight is 250 g/mol. The van der Waals surface area contributed by atoms with Crippen LogP contribution >= 0.6 is 0 Å². The number of rotatable bonds is 7. The van der Waals surface area contributed by atoms with E-state index in [-0.39, 0.29) is 12.0 Å². The van der Waals surface area contributed by atoms with Crippen LogP contribution in [0.2, 0.25) is 0 Å². The minimum Gasteiger partial charge on any atom is -0.374 e. The Bertz CT molecular complexity index is 361. The van der Waals surface area contributed by atoms with Gasteiger partial charge in [0.15, 0.2) is 0 Å². The minimum absolute atomic E-state index is 0.0236. The van der Waals surface area contributed by atoms with E-state index in [0.717, 1.165) is 11.3 Å². The van der Waals surface area contributed by atoms with E-state index < -0.39 is 0 Å². The molecule has 4 nitrogen and oxygen atoms in total. The molecule has 0 spiro atoms. The Morgan fingerprint density at radius 2 is 1.94 bits per heavy atom. The Labute approximate surface area is 109 Å². The van der Waals surface area contributed by atoms with Crippen molar-refractivity contribution in [3.8, 4) is 0 Å². The molecule has 1 amide bonds. The maximum absolute atomic E-state index is 11.5. The lowest BCUT2D eigenvalue weighted by molar-refractivity contribution is -0.116. The molecule has 0 atom stereocenters. The fourth-order valence-corrected chi connectivity index (χ4v) is 1.41. The predicted molar refractivity (Wildman–Crippen MR) is 73.5 cm³/mol. The molecule has 0 saturated carbocycles. The lowest BCUT2D eigenvalue weighted by atomic mass is 10.2. The van der Waals surface area contributed by atoms with Crippen LogP contribution in [0.5, 0.6) is 0 Å². The molecule has 0 bridgehead atoms. The van der Waals surface area contributed by atoms with Gasteiger partial charge in [0.25, 0.3) is 0 Å². The topological polar surface area (TPSA) is 50.4 Å². The smallest absolute Gasteiger partial charge is 0.225 e. The standard InChI is InChI=1S/C14H22N2O2/c1-11(2)18-10-12-4-6-13(7-5-12)16-14(17)8-9-15-3/h4-7,11,15H,8-10H2,1-3H3,(H,16,17). The average Bonchev–Trinajstić information content (AvgIpc) is 2.35. The van der Waals surface area contributed by atoms with Crippen LogP contribution in [-0.2, 0) is 16.1 Å². The van der Waals surface area contributed by atoms with Crippen molar-refractivity contribution >= 4 is 11.6 Å². The summed E-state index contributed by atoms with van der Waals surface area (Å²) < 4.78 is 5.51. The highest BCUT2D eigenvalue weighted by Crippen LogP contribution is 2.11. The maximum atomic E-state index is 11.5. The first-order chi connectivity index (χ1) is 8.61. The van der Waals surface area contributed by atoms with Gasteiger partial charge >= 0.3 is 0 Å². The van der Waals surface area contributed by atoms with Gasteiger partial charge in [-0.15, -0.1) is 0 Å². The monoisotopic (exact) mass is 250 g/mol. The summed E-state index contributed by atoms with van der Waals surface area (Å²) in [5.74, 6) is 0.0236. The van der Waals surface area contributed by atoms with Crippen LogP contribution < -0.4 is 10.6 Å². The second kappa shape index (κ2) is 7.84. The summed E-state index contributed by atoms with van der Waals surface area (Å²) in [5.41, 5.74) is 1.93. The molecule has 0 aliphatic carbocycles. The highest BCUT2D eigenvalue weighted by Gasteiger charge is 2.02. The summed E-state index contributed by atoms with van der Waals surface area (Å²) in [6.07, 6.45) is 0.709. The van der Waals surface area contributed by atoms with Crippen molar-refractivity contribution in [3.05, 3.63) is 29.8 Å². The van der Waals surface area contributed by atoms with E-state index in [1.54, 1.807) is 0 Å². The molecule has 0 fully saturated rings. The molecule has 0 saturated heterocycles. The second-order valence-electron chi connectivity index (χ2n) is 4.46. The third kappa shape index (κ3) is 5.80. The van der Waals surface area contributed by atoms with E-state index in [0.29, 0.717) is 19.6 Å². The van der Waals surface area contributed by atoms with Gasteiger partial charge in [-0.05, 0) is 38.6 Å². The predicted octanol–water partition coefficient (Wildman–Crippen LogP) is 2.16. The van der Waals surface area contributed by atoms with E-state index in [2.05, 4.69) is 10.6 Å². The minimum atomic E-state index is 0.0236. The number of benzene rings is 1. The molecule has 0 radical (unpaired) electrons. The van der Waals surface area contributed by atoms with E-state index in [1.807, 2.05) is 45.2 Å². The molecule has 100 valence electrons. The highest BCUT2D eigenvalue weighted by atomic mass is 16.5. The molecule has 1 aromatic rings. The SMILES string of the molecule is CNCCC(=O)Nc1ccc(COC(C)C)cc1. The van der Waals surface area contributed by atoms with E-state index in [9.17, 15) is 4.79 Å². The van der Waals surface area contributed by atoms with Gasteiger partial charge in [-0.25, -0.2) is 0 Å².